The Morgan fingerprint density at radius 3 is 2.82 bits per heavy atom. The van der Waals surface area contributed by atoms with E-state index < -0.39 is 0 Å². The van der Waals surface area contributed by atoms with Crippen molar-refractivity contribution in [2.75, 3.05) is 13.2 Å². The lowest BCUT2D eigenvalue weighted by Gasteiger charge is -2.20. The van der Waals surface area contributed by atoms with Crippen LogP contribution < -0.4 is 0 Å². The van der Waals surface area contributed by atoms with Crippen molar-refractivity contribution in [2.24, 2.45) is 0 Å². The Morgan fingerprint density at radius 2 is 2.35 bits per heavy atom. The van der Waals surface area contributed by atoms with Gasteiger partial charge in [-0.25, -0.2) is 4.98 Å². The van der Waals surface area contributed by atoms with E-state index in [4.69, 9.17) is 5.11 Å². The molecule has 4 nitrogen and oxygen atoms in total. The summed E-state index contributed by atoms with van der Waals surface area (Å²) in [4.78, 5) is 19.0. The monoisotopic (exact) mass is 254 g/mol. The van der Waals surface area contributed by atoms with E-state index >= 15 is 0 Å². The van der Waals surface area contributed by atoms with Crippen LogP contribution in [0.1, 0.15) is 47.3 Å². The van der Waals surface area contributed by atoms with E-state index in [1.165, 1.54) is 11.3 Å². The second-order valence-electron chi connectivity index (χ2n) is 4.67. The third kappa shape index (κ3) is 2.84. The number of amides is 1. The smallest absolute Gasteiger partial charge is 0.265 e. The normalized spacial score (nSPS) is 15.3. The van der Waals surface area contributed by atoms with Gasteiger partial charge in [-0.2, -0.15) is 0 Å². The first-order chi connectivity index (χ1) is 8.13. The molecule has 1 aromatic rings. The number of aliphatic hydroxyl groups is 1. The molecule has 5 heteroatoms. The first kappa shape index (κ1) is 12.5. The average Bonchev–Trinajstić information content (AvgIpc) is 3.00. The topological polar surface area (TPSA) is 53.4 Å². The summed E-state index contributed by atoms with van der Waals surface area (Å²) in [5.41, 5.74) is 0. The number of aromatic nitrogens is 1. The zero-order chi connectivity index (χ0) is 12.4. The molecule has 1 N–H and O–H groups in total. The first-order valence-corrected chi connectivity index (χ1v) is 6.82. The van der Waals surface area contributed by atoms with E-state index in [0.717, 1.165) is 17.8 Å². The van der Waals surface area contributed by atoms with Crippen LogP contribution >= 0.6 is 11.3 Å². The van der Waals surface area contributed by atoms with Gasteiger partial charge < -0.3 is 10.0 Å². The number of nitrogens with zero attached hydrogens (tertiary/aromatic N) is 2. The molecule has 1 aliphatic carbocycles. The molecule has 0 atom stereocenters. The van der Waals surface area contributed by atoms with E-state index in [2.05, 4.69) is 18.8 Å². The Kier molecular flexibility index (Phi) is 3.79. The standard InChI is InChI=1S/C12H18N2O2S/c1-8(2)11-13-7-10(17-11)12(16)14(5-6-15)9-3-4-9/h7-9,15H,3-6H2,1-2H3. The molecule has 0 radical (unpaired) electrons. The van der Waals surface area contributed by atoms with Gasteiger partial charge in [-0.3, -0.25) is 4.79 Å². The third-order valence-corrected chi connectivity index (χ3v) is 4.10. The number of thiazole rings is 1. The summed E-state index contributed by atoms with van der Waals surface area (Å²) in [5, 5.41) is 9.99. The first-order valence-electron chi connectivity index (χ1n) is 6.01. The van der Waals surface area contributed by atoms with E-state index in [0.29, 0.717) is 23.4 Å². The molecule has 0 aliphatic heterocycles. The third-order valence-electron chi connectivity index (χ3n) is 2.82. The predicted molar refractivity (Wildman–Crippen MR) is 67.3 cm³/mol. The van der Waals surface area contributed by atoms with Gasteiger partial charge in [-0.05, 0) is 12.8 Å². The summed E-state index contributed by atoms with van der Waals surface area (Å²) < 4.78 is 0. The fourth-order valence-electron chi connectivity index (χ4n) is 1.74. The number of rotatable bonds is 5. The molecule has 0 unspecified atom stereocenters. The summed E-state index contributed by atoms with van der Waals surface area (Å²) in [6.45, 7) is 4.59. The summed E-state index contributed by atoms with van der Waals surface area (Å²) >= 11 is 1.46. The van der Waals surface area contributed by atoms with E-state index in [1.807, 2.05) is 0 Å². The number of aliphatic hydroxyl groups excluding tert-OH is 1. The van der Waals surface area contributed by atoms with Gasteiger partial charge in [-0.15, -0.1) is 11.3 Å². The summed E-state index contributed by atoms with van der Waals surface area (Å²) in [5.74, 6) is 0.375. The van der Waals surface area contributed by atoms with Gasteiger partial charge in [-0.1, -0.05) is 13.8 Å². The predicted octanol–water partition coefficient (Wildman–Crippen LogP) is 1.86. The lowest BCUT2D eigenvalue weighted by atomic mass is 10.2. The molecule has 0 bridgehead atoms. The number of carbonyl (C=O) groups is 1. The molecule has 1 saturated carbocycles. The van der Waals surface area contributed by atoms with Crippen molar-refractivity contribution in [3.63, 3.8) is 0 Å². The van der Waals surface area contributed by atoms with Gasteiger partial charge >= 0.3 is 0 Å². The SMILES string of the molecule is CC(C)c1ncc(C(=O)N(CCO)C2CC2)s1. The highest BCUT2D eigenvalue weighted by atomic mass is 32.1. The quantitative estimate of drug-likeness (QED) is 0.872. The molecule has 1 fully saturated rings. The maximum Gasteiger partial charge on any atom is 0.265 e. The Morgan fingerprint density at radius 1 is 1.65 bits per heavy atom. The summed E-state index contributed by atoms with van der Waals surface area (Å²) in [7, 11) is 0. The van der Waals surface area contributed by atoms with Crippen LogP contribution in [0, 0.1) is 0 Å². The maximum atomic E-state index is 12.2. The van der Waals surface area contributed by atoms with Crippen LogP contribution in [-0.2, 0) is 0 Å². The lowest BCUT2D eigenvalue weighted by molar-refractivity contribution is 0.0712. The van der Waals surface area contributed by atoms with Crippen molar-refractivity contribution in [1.82, 2.24) is 9.88 Å². The van der Waals surface area contributed by atoms with Crippen molar-refractivity contribution in [3.8, 4) is 0 Å². The minimum absolute atomic E-state index is 0.0194. The molecule has 1 amide bonds. The molecular weight excluding hydrogens is 236 g/mol. The van der Waals surface area contributed by atoms with Gasteiger partial charge in [0.05, 0.1) is 17.8 Å². The highest BCUT2D eigenvalue weighted by Gasteiger charge is 2.33. The second-order valence-corrected chi connectivity index (χ2v) is 5.73. The molecule has 94 valence electrons. The number of hydrogen-bond donors (Lipinski definition) is 1. The number of carbonyl (C=O) groups excluding carboxylic acids is 1. The summed E-state index contributed by atoms with van der Waals surface area (Å²) in [6, 6.07) is 0.333. The van der Waals surface area contributed by atoms with Crippen molar-refractivity contribution in [1.29, 1.82) is 0 Å². The van der Waals surface area contributed by atoms with Crippen molar-refractivity contribution >= 4 is 17.2 Å². The molecular formula is C12H18N2O2S. The Labute approximate surface area is 105 Å². The average molecular weight is 254 g/mol. The van der Waals surface area contributed by atoms with Crippen molar-refractivity contribution < 1.29 is 9.90 Å². The molecule has 17 heavy (non-hydrogen) atoms. The van der Waals surface area contributed by atoms with Crippen molar-refractivity contribution in [3.05, 3.63) is 16.1 Å². The van der Waals surface area contributed by atoms with Gasteiger partial charge in [0.2, 0.25) is 0 Å². The van der Waals surface area contributed by atoms with Gasteiger partial charge in [0, 0.05) is 18.5 Å². The highest BCUT2D eigenvalue weighted by molar-refractivity contribution is 7.13. The molecule has 0 spiro atoms. The molecule has 1 aromatic heterocycles. The van der Waals surface area contributed by atoms with Gasteiger partial charge in [0.1, 0.15) is 4.88 Å². The maximum absolute atomic E-state index is 12.2. The molecule has 2 rings (SSSR count). The van der Waals surface area contributed by atoms with Gasteiger partial charge in [0.15, 0.2) is 0 Å². The number of hydrogen-bond acceptors (Lipinski definition) is 4. The van der Waals surface area contributed by atoms with Gasteiger partial charge in [0.25, 0.3) is 5.91 Å². The second kappa shape index (κ2) is 5.14. The molecule has 1 aliphatic rings. The van der Waals surface area contributed by atoms with E-state index in [-0.39, 0.29) is 12.5 Å². The Hall–Kier alpha value is -0.940. The molecule has 0 aromatic carbocycles. The van der Waals surface area contributed by atoms with E-state index in [1.54, 1.807) is 11.1 Å². The lowest BCUT2D eigenvalue weighted by Crippen LogP contribution is -2.35. The fraction of sp³-hybridized carbons (Fsp3) is 0.667. The minimum Gasteiger partial charge on any atom is -0.395 e. The Balaban J connectivity index is 2.10. The van der Waals surface area contributed by atoms with Crippen LogP contribution in [-0.4, -0.2) is 40.1 Å². The van der Waals surface area contributed by atoms with Crippen LogP contribution in [0.4, 0.5) is 0 Å². The van der Waals surface area contributed by atoms with Crippen molar-refractivity contribution in [2.45, 2.75) is 38.6 Å². The van der Waals surface area contributed by atoms with Crippen LogP contribution in [0.15, 0.2) is 6.20 Å². The highest BCUT2D eigenvalue weighted by Crippen LogP contribution is 2.30. The van der Waals surface area contributed by atoms with Crippen LogP contribution in [0.2, 0.25) is 0 Å². The largest absolute Gasteiger partial charge is 0.395 e. The van der Waals surface area contributed by atoms with E-state index in [9.17, 15) is 4.79 Å². The fourth-order valence-corrected chi connectivity index (χ4v) is 2.62. The Bertz CT molecular complexity index is 399. The minimum atomic E-state index is 0.0194. The zero-order valence-electron chi connectivity index (χ0n) is 10.2. The van der Waals surface area contributed by atoms with Crippen LogP contribution in [0.3, 0.4) is 0 Å². The van der Waals surface area contributed by atoms with Crippen LogP contribution in [0.25, 0.3) is 0 Å². The molecule has 0 saturated heterocycles. The summed E-state index contributed by atoms with van der Waals surface area (Å²) in [6.07, 6.45) is 3.78. The molecule has 1 heterocycles. The zero-order valence-corrected chi connectivity index (χ0v) is 11.0. The van der Waals surface area contributed by atoms with Crippen LogP contribution in [0.5, 0.6) is 0 Å².